The van der Waals surface area contributed by atoms with E-state index in [2.05, 4.69) is 20.8 Å². The van der Waals surface area contributed by atoms with Crippen LogP contribution in [0.25, 0.3) is 0 Å². The van der Waals surface area contributed by atoms with Crippen LogP contribution in [-0.2, 0) is 11.3 Å². The minimum absolute atomic E-state index is 0.0709. The van der Waals surface area contributed by atoms with E-state index >= 15 is 0 Å². The van der Waals surface area contributed by atoms with Crippen molar-refractivity contribution in [2.45, 2.75) is 26.3 Å². The molecule has 2 heterocycles. The molecule has 10 heteroatoms. The van der Waals surface area contributed by atoms with Gasteiger partial charge in [0.1, 0.15) is 11.5 Å². The van der Waals surface area contributed by atoms with Gasteiger partial charge < -0.3 is 29.5 Å². The zero-order chi connectivity index (χ0) is 20.8. The van der Waals surface area contributed by atoms with Gasteiger partial charge in [-0.2, -0.15) is 4.98 Å². The van der Waals surface area contributed by atoms with Gasteiger partial charge in [0.2, 0.25) is 11.8 Å². The summed E-state index contributed by atoms with van der Waals surface area (Å²) in [5.74, 6) is 1.86. The third-order valence-corrected chi connectivity index (χ3v) is 4.74. The monoisotopic (exact) mass is 403 g/mol. The number of hydrogen-bond acceptors (Lipinski definition) is 7. The van der Waals surface area contributed by atoms with Crippen molar-refractivity contribution in [1.82, 2.24) is 20.4 Å². The second-order valence-electron chi connectivity index (χ2n) is 6.75. The summed E-state index contributed by atoms with van der Waals surface area (Å²) in [6.07, 6.45) is 1.17. The van der Waals surface area contributed by atoms with Crippen LogP contribution in [0, 0.1) is 12.8 Å². The molecule has 1 aromatic carbocycles. The molecule has 1 aromatic heterocycles. The van der Waals surface area contributed by atoms with Gasteiger partial charge in [-0.25, -0.2) is 4.79 Å². The van der Waals surface area contributed by atoms with Gasteiger partial charge in [-0.15, -0.1) is 0 Å². The number of benzene rings is 1. The van der Waals surface area contributed by atoms with Crippen molar-refractivity contribution in [2.75, 3.05) is 32.6 Å². The van der Waals surface area contributed by atoms with Gasteiger partial charge in [-0.3, -0.25) is 4.79 Å². The minimum atomic E-state index is -0.222. The molecule has 156 valence electrons. The summed E-state index contributed by atoms with van der Waals surface area (Å²) < 4.78 is 15.4. The van der Waals surface area contributed by atoms with Gasteiger partial charge in [-0.05, 0) is 19.8 Å². The summed E-state index contributed by atoms with van der Waals surface area (Å²) in [7, 11) is 3.10. The van der Waals surface area contributed by atoms with Crippen molar-refractivity contribution in [3.63, 3.8) is 0 Å². The van der Waals surface area contributed by atoms with Crippen LogP contribution in [0.3, 0.4) is 0 Å². The number of carbonyl (C=O) groups excluding carboxylic acids is 2. The Bertz CT molecular complexity index is 838. The number of piperidine rings is 1. The van der Waals surface area contributed by atoms with Crippen LogP contribution in [0.5, 0.6) is 11.5 Å². The van der Waals surface area contributed by atoms with Gasteiger partial charge in [0, 0.05) is 42.9 Å². The number of anilines is 1. The summed E-state index contributed by atoms with van der Waals surface area (Å²) in [6, 6.07) is 4.95. The lowest BCUT2D eigenvalue weighted by atomic mass is 9.96. The highest BCUT2D eigenvalue weighted by Crippen LogP contribution is 2.26. The lowest BCUT2D eigenvalue weighted by Gasteiger charge is -2.31. The Labute approximate surface area is 168 Å². The maximum atomic E-state index is 12.6. The predicted molar refractivity (Wildman–Crippen MR) is 104 cm³/mol. The molecule has 0 atom stereocenters. The van der Waals surface area contributed by atoms with E-state index in [9.17, 15) is 9.59 Å². The summed E-state index contributed by atoms with van der Waals surface area (Å²) in [5, 5.41) is 9.35. The Morgan fingerprint density at radius 2 is 1.83 bits per heavy atom. The smallest absolute Gasteiger partial charge is 0.321 e. The molecule has 0 bridgehead atoms. The van der Waals surface area contributed by atoms with Crippen LogP contribution in [-0.4, -0.2) is 54.3 Å². The van der Waals surface area contributed by atoms with Crippen LogP contribution in [0.1, 0.15) is 24.6 Å². The number of nitrogens with zero attached hydrogens (tertiary/aromatic N) is 3. The first-order valence-electron chi connectivity index (χ1n) is 9.34. The number of nitrogens with one attached hydrogen (secondary N) is 2. The fourth-order valence-corrected chi connectivity index (χ4v) is 3.15. The number of urea groups is 1. The number of rotatable bonds is 6. The minimum Gasteiger partial charge on any atom is -0.497 e. The highest BCUT2D eigenvalue weighted by molar-refractivity contribution is 5.90. The van der Waals surface area contributed by atoms with E-state index in [1.165, 1.54) is 0 Å². The molecule has 3 rings (SSSR count). The van der Waals surface area contributed by atoms with E-state index in [1.54, 1.807) is 44.2 Å². The van der Waals surface area contributed by atoms with Crippen LogP contribution >= 0.6 is 0 Å². The molecule has 0 spiro atoms. The van der Waals surface area contributed by atoms with Gasteiger partial charge in [0.05, 0.1) is 20.8 Å². The molecule has 29 heavy (non-hydrogen) atoms. The third-order valence-electron chi connectivity index (χ3n) is 4.74. The van der Waals surface area contributed by atoms with Crippen LogP contribution in [0.4, 0.5) is 10.5 Å². The first-order valence-corrected chi connectivity index (χ1v) is 9.34. The zero-order valence-electron chi connectivity index (χ0n) is 16.7. The number of aromatic nitrogens is 2. The summed E-state index contributed by atoms with van der Waals surface area (Å²) in [5.41, 5.74) is 0.584. The molecule has 2 aromatic rings. The zero-order valence-corrected chi connectivity index (χ0v) is 16.7. The Morgan fingerprint density at radius 1 is 1.17 bits per heavy atom. The number of carbonyl (C=O) groups is 2. The summed E-state index contributed by atoms with van der Waals surface area (Å²) in [4.78, 5) is 30.6. The number of amides is 3. The maximum Gasteiger partial charge on any atom is 0.321 e. The van der Waals surface area contributed by atoms with Crippen LogP contribution in [0.15, 0.2) is 22.7 Å². The highest BCUT2D eigenvalue weighted by atomic mass is 16.5. The molecule has 0 unspecified atom stereocenters. The number of likely N-dealkylation sites (tertiary alicyclic amines) is 1. The lowest BCUT2D eigenvalue weighted by molar-refractivity contribution is -0.126. The predicted octanol–water partition coefficient (Wildman–Crippen LogP) is 1.96. The van der Waals surface area contributed by atoms with Gasteiger partial charge in [0.15, 0.2) is 5.82 Å². The molecular formula is C19H25N5O5. The molecule has 0 radical (unpaired) electrons. The van der Waals surface area contributed by atoms with Gasteiger partial charge in [-0.1, -0.05) is 5.16 Å². The SMILES string of the molecule is COc1cc(NC(=O)N2CCC(C(=O)NCc3nc(C)no3)CC2)cc(OC)c1. The number of aryl methyl sites for hydroxylation is 1. The topological polar surface area (TPSA) is 119 Å². The number of methoxy groups -OCH3 is 2. The van der Waals surface area contributed by atoms with Crippen LogP contribution in [0.2, 0.25) is 0 Å². The van der Waals surface area contributed by atoms with Crippen molar-refractivity contribution in [1.29, 1.82) is 0 Å². The van der Waals surface area contributed by atoms with Gasteiger partial charge in [0.25, 0.3) is 0 Å². The normalized spacial score (nSPS) is 14.4. The average Bonchev–Trinajstić information content (AvgIpc) is 3.16. The average molecular weight is 403 g/mol. The number of ether oxygens (including phenoxy) is 2. The Hall–Kier alpha value is -3.30. The molecule has 10 nitrogen and oxygen atoms in total. The standard InChI is InChI=1S/C19H25N5O5/c1-12-21-17(29-23-12)11-20-18(25)13-4-6-24(7-5-13)19(26)22-14-8-15(27-2)10-16(9-14)28-3/h8-10,13H,4-7,11H2,1-3H3,(H,20,25)(H,22,26). The first-order chi connectivity index (χ1) is 14.0. The Balaban J connectivity index is 1.48. The maximum absolute atomic E-state index is 12.6. The van der Waals surface area contributed by atoms with E-state index in [4.69, 9.17) is 14.0 Å². The van der Waals surface area contributed by atoms with E-state index < -0.39 is 0 Å². The molecule has 0 aliphatic carbocycles. The van der Waals surface area contributed by atoms with Crippen molar-refractivity contribution >= 4 is 17.6 Å². The molecule has 1 aliphatic heterocycles. The van der Waals surface area contributed by atoms with Crippen molar-refractivity contribution in [2.24, 2.45) is 5.92 Å². The van der Waals surface area contributed by atoms with Crippen molar-refractivity contribution < 1.29 is 23.6 Å². The van der Waals surface area contributed by atoms with Crippen molar-refractivity contribution in [3.05, 3.63) is 29.9 Å². The van der Waals surface area contributed by atoms with Gasteiger partial charge >= 0.3 is 6.03 Å². The first kappa shape index (κ1) is 20.4. The second-order valence-corrected chi connectivity index (χ2v) is 6.75. The van der Waals surface area contributed by atoms with Crippen LogP contribution < -0.4 is 20.1 Å². The summed E-state index contributed by atoms with van der Waals surface area (Å²) in [6.45, 7) is 2.91. The quantitative estimate of drug-likeness (QED) is 0.757. The molecular weight excluding hydrogens is 378 g/mol. The second kappa shape index (κ2) is 9.26. The fraction of sp³-hybridized carbons (Fsp3) is 0.474. The Morgan fingerprint density at radius 3 is 2.38 bits per heavy atom. The molecule has 3 amide bonds. The molecule has 1 fully saturated rings. The molecule has 2 N–H and O–H groups in total. The Kier molecular flexibility index (Phi) is 6.53. The lowest BCUT2D eigenvalue weighted by Crippen LogP contribution is -2.44. The molecule has 1 saturated heterocycles. The van der Waals surface area contributed by atoms with E-state index in [0.717, 1.165) is 0 Å². The largest absolute Gasteiger partial charge is 0.497 e. The molecule has 0 saturated carbocycles. The third kappa shape index (κ3) is 5.37. The van der Waals surface area contributed by atoms with Crippen molar-refractivity contribution in [3.8, 4) is 11.5 Å². The fourth-order valence-electron chi connectivity index (χ4n) is 3.15. The number of hydrogen-bond donors (Lipinski definition) is 2. The highest BCUT2D eigenvalue weighted by Gasteiger charge is 2.27. The van der Waals surface area contributed by atoms with E-state index in [1.807, 2.05) is 0 Å². The molecule has 1 aliphatic rings. The summed E-state index contributed by atoms with van der Waals surface area (Å²) >= 11 is 0. The van der Waals surface area contributed by atoms with E-state index in [0.29, 0.717) is 54.8 Å². The van der Waals surface area contributed by atoms with E-state index in [-0.39, 0.29) is 24.4 Å².